The topological polar surface area (TPSA) is 65.7 Å². The van der Waals surface area contributed by atoms with E-state index in [9.17, 15) is 22.8 Å². The predicted octanol–water partition coefficient (Wildman–Crippen LogP) is 7.37. The van der Waals surface area contributed by atoms with Crippen LogP contribution in [-0.4, -0.2) is 11.9 Å². The number of carbonyl (C=O) groups is 2. The van der Waals surface area contributed by atoms with Gasteiger partial charge in [-0.05, 0) is 49.7 Å². The van der Waals surface area contributed by atoms with E-state index in [-0.39, 0.29) is 33.2 Å². The third kappa shape index (κ3) is 4.47. The van der Waals surface area contributed by atoms with Crippen LogP contribution in [0.15, 0.2) is 77.3 Å². The molecule has 0 amide bonds. The van der Waals surface area contributed by atoms with Crippen LogP contribution in [0.5, 0.6) is 11.5 Å². The van der Waals surface area contributed by atoms with Crippen molar-refractivity contribution in [2.75, 3.05) is 0 Å². The molecular formula is C27H18F4O5. The maximum Gasteiger partial charge on any atom is 0.423 e. The third-order valence-electron chi connectivity index (χ3n) is 5.27. The lowest BCUT2D eigenvalue weighted by molar-refractivity contribution is -0.140. The summed E-state index contributed by atoms with van der Waals surface area (Å²) in [7, 11) is 0. The van der Waals surface area contributed by atoms with E-state index in [1.54, 1.807) is 0 Å². The molecule has 0 saturated heterocycles. The van der Waals surface area contributed by atoms with Crippen LogP contribution in [0.4, 0.5) is 17.6 Å². The summed E-state index contributed by atoms with van der Waals surface area (Å²) in [5, 5.41) is 0.112. The monoisotopic (exact) mass is 498 g/mol. The van der Waals surface area contributed by atoms with Gasteiger partial charge in [0.25, 0.3) is 0 Å². The number of fused-ring (bicyclic) bond motifs is 3. The zero-order valence-corrected chi connectivity index (χ0v) is 19.1. The molecule has 36 heavy (non-hydrogen) atoms. The largest absolute Gasteiger partial charge is 0.452 e. The number of alkyl halides is 3. The molecule has 0 aliphatic carbocycles. The summed E-state index contributed by atoms with van der Waals surface area (Å²) in [6, 6.07) is 11.0. The Hall–Kier alpha value is -4.40. The van der Waals surface area contributed by atoms with Gasteiger partial charge in [-0.2, -0.15) is 13.2 Å². The van der Waals surface area contributed by atoms with E-state index in [4.69, 9.17) is 13.9 Å². The first-order chi connectivity index (χ1) is 16.9. The van der Waals surface area contributed by atoms with Crippen LogP contribution < -0.4 is 9.47 Å². The Labute approximate surface area is 202 Å². The first-order valence-electron chi connectivity index (χ1n) is 10.5. The van der Waals surface area contributed by atoms with E-state index >= 15 is 4.39 Å². The molecule has 0 fully saturated rings. The van der Waals surface area contributed by atoms with Gasteiger partial charge in [-0.3, -0.25) is 0 Å². The lowest BCUT2D eigenvalue weighted by atomic mass is 10.0. The Bertz CT molecular complexity index is 1560. The van der Waals surface area contributed by atoms with Gasteiger partial charge in [0.1, 0.15) is 17.1 Å². The predicted molar refractivity (Wildman–Crippen MR) is 125 cm³/mol. The zero-order valence-electron chi connectivity index (χ0n) is 19.1. The molecule has 0 spiro atoms. The molecule has 9 heteroatoms. The van der Waals surface area contributed by atoms with Crippen molar-refractivity contribution in [1.29, 1.82) is 0 Å². The number of furan rings is 1. The van der Waals surface area contributed by atoms with E-state index in [2.05, 4.69) is 13.2 Å². The van der Waals surface area contributed by atoms with Crippen molar-refractivity contribution in [3.8, 4) is 22.6 Å². The fourth-order valence-corrected chi connectivity index (χ4v) is 3.51. The smallest absolute Gasteiger partial charge is 0.423 e. The standard InChI is InChI=1S/C27H18F4O5/c1-13(2)25(32)34-16-7-5-15(6-8-16)17-9-10-19-18-11-12-20(35-26(33)14(3)4)21(27(29,30)31)23(18)36-24(19)22(17)28/h5-12H,1,3H2,2,4H3. The van der Waals surface area contributed by atoms with Crippen molar-refractivity contribution >= 4 is 33.9 Å². The van der Waals surface area contributed by atoms with Crippen molar-refractivity contribution < 1.29 is 41.0 Å². The maximum absolute atomic E-state index is 15.5. The molecule has 0 aliphatic heterocycles. The number of benzene rings is 3. The zero-order chi connectivity index (χ0) is 26.4. The SMILES string of the molecule is C=C(C)C(=O)Oc1ccc(-c2ccc3c(oc4c(C(F)(F)F)c(OC(=O)C(=C)C)ccc43)c2F)cc1. The van der Waals surface area contributed by atoms with Gasteiger partial charge in [0.05, 0.1) is 0 Å². The van der Waals surface area contributed by atoms with Crippen LogP contribution in [0.1, 0.15) is 19.4 Å². The second-order valence-corrected chi connectivity index (χ2v) is 8.08. The molecule has 1 heterocycles. The van der Waals surface area contributed by atoms with Gasteiger partial charge < -0.3 is 13.9 Å². The Balaban J connectivity index is 1.83. The average Bonchev–Trinajstić information content (AvgIpc) is 3.18. The first kappa shape index (κ1) is 24.7. The minimum absolute atomic E-state index is 0.0000424. The minimum Gasteiger partial charge on any atom is -0.452 e. The third-order valence-corrected chi connectivity index (χ3v) is 5.27. The number of carbonyl (C=O) groups excluding carboxylic acids is 2. The molecule has 0 aliphatic rings. The van der Waals surface area contributed by atoms with E-state index in [1.807, 2.05) is 0 Å². The summed E-state index contributed by atoms with van der Waals surface area (Å²) < 4.78 is 72.8. The van der Waals surface area contributed by atoms with Crippen LogP contribution in [-0.2, 0) is 15.8 Å². The number of rotatable bonds is 5. The Morgan fingerprint density at radius 1 is 0.806 bits per heavy atom. The van der Waals surface area contributed by atoms with Gasteiger partial charge >= 0.3 is 18.1 Å². The Morgan fingerprint density at radius 2 is 1.36 bits per heavy atom. The van der Waals surface area contributed by atoms with E-state index in [0.717, 1.165) is 6.07 Å². The molecule has 3 aromatic carbocycles. The van der Waals surface area contributed by atoms with Crippen LogP contribution in [0, 0.1) is 5.82 Å². The summed E-state index contributed by atoms with van der Waals surface area (Å²) >= 11 is 0. The molecule has 0 atom stereocenters. The minimum atomic E-state index is -4.96. The summed E-state index contributed by atoms with van der Waals surface area (Å²) in [5.41, 5.74) is -1.86. The normalized spacial score (nSPS) is 11.5. The van der Waals surface area contributed by atoms with Crippen molar-refractivity contribution in [2.45, 2.75) is 20.0 Å². The molecule has 0 radical (unpaired) electrons. The lowest BCUT2D eigenvalue weighted by Crippen LogP contribution is -2.14. The highest BCUT2D eigenvalue weighted by Gasteiger charge is 2.39. The van der Waals surface area contributed by atoms with Crippen LogP contribution in [0.25, 0.3) is 33.1 Å². The number of halogens is 4. The Morgan fingerprint density at radius 3 is 1.94 bits per heavy atom. The van der Waals surface area contributed by atoms with Crippen molar-refractivity contribution in [3.05, 3.63) is 84.2 Å². The molecular weight excluding hydrogens is 480 g/mol. The summed E-state index contributed by atoms with van der Waals surface area (Å²) in [6.45, 7) is 9.64. The lowest BCUT2D eigenvalue weighted by Gasteiger charge is -2.13. The summed E-state index contributed by atoms with van der Waals surface area (Å²) in [4.78, 5) is 23.5. The van der Waals surface area contributed by atoms with Crippen LogP contribution in [0.3, 0.4) is 0 Å². The highest BCUT2D eigenvalue weighted by atomic mass is 19.4. The molecule has 184 valence electrons. The van der Waals surface area contributed by atoms with Gasteiger partial charge in [-0.1, -0.05) is 31.4 Å². The number of ether oxygens (including phenoxy) is 2. The van der Waals surface area contributed by atoms with Gasteiger partial charge in [-0.15, -0.1) is 0 Å². The maximum atomic E-state index is 15.5. The molecule has 5 nitrogen and oxygen atoms in total. The van der Waals surface area contributed by atoms with Crippen LogP contribution in [0.2, 0.25) is 0 Å². The fraction of sp³-hybridized carbons (Fsp3) is 0.111. The molecule has 1 aromatic heterocycles. The highest BCUT2D eigenvalue weighted by molar-refractivity contribution is 6.08. The van der Waals surface area contributed by atoms with Crippen molar-refractivity contribution in [3.63, 3.8) is 0 Å². The number of hydrogen-bond donors (Lipinski definition) is 0. The second-order valence-electron chi connectivity index (χ2n) is 8.08. The molecule has 0 bridgehead atoms. The van der Waals surface area contributed by atoms with Crippen molar-refractivity contribution in [1.82, 2.24) is 0 Å². The van der Waals surface area contributed by atoms with Gasteiger partial charge in [-0.25, -0.2) is 14.0 Å². The van der Waals surface area contributed by atoms with E-state index in [0.29, 0.717) is 5.56 Å². The molecule has 4 aromatic rings. The average molecular weight is 498 g/mol. The van der Waals surface area contributed by atoms with Gasteiger partial charge in [0, 0.05) is 27.5 Å². The van der Waals surface area contributed by atoms with Crippen LogP contribution >= 0.6 is 0 Å². The summed E-state index contributed by atoms with van der Waals surface area (Å²) in [6.07, 6.45) is -4.96. The number of esters is 2. The van der Waals surface area contributed by atoms with E-state index in [1.165, 1.54) is 56.3 Å². The van der Waals surface area contributed by atoms with E-state index < -0.39 is 46.4 Å². The second kappa shape index (κ2) is 8.99. The van der Waals surface area contributed by atoms with Gasteiger partial charge in [0.15, 0.2) is 17.0 Å². The molecule has 0 saturated carbocycles. The first-order valence-corrected chi connectivity index (χ1v) is 10.5. The number of hydrogen-bond acceptors (Lipinski definition) is 5. The fourth-order valence-electron chi connectivity index (χ4n) is 3.51. The Kier molecular flexibility index (Phi) is 6.17. The summed E-state index contributed by atoms with van der Waals surface area (Å²) in [5.74, 6) is -3.11. The molecule has 0 unspecified atom stereocenters. The van der Waals surface area contributed by atoms with Gasteiger partial charge in [0.2, 0.25) is 0 Å². The highest BCUT2D eigenvalue weighted by Crippen LogP contribution is 2.45. The quantitative estimate of drug-likeness (QED) is 0.124. The molecule has 0 N–H and O–H groups in total. The van der Waals surface area contributed by atoms with Crippen molar-refractivity contribution in [2.24, 2.45) is 0 Å². The molecule has 4 rings (SSSR count).